The molecule has 2 atom stereocenters. The highest BCUT2D eigenvalue weighted by Crippen LogP contribution is 2.44. The number of benzene rings is 3. The Bertz CT molecular complexity index is 1400. The van der Waals surface area contributed by atoms with E-state index >= 15 is 0 Å². The molecule has 0 spiro atoms. The van der Waals surface area contributed by atoms with Crippen LogP contribution in [0.3, 0.4) is 0 Å². The number of fused-ring (bicyclic) bond motifs is 2. The first-order valence-electron chi connectivity index (χ1n) is 11.5. The Labute approximate surface area is 207 Å². The fraction of sp³-hybridized carbons (Fsp3) is 0.250. The maximum atomic E-state index is 14.9. The van der Waals surface area contributed by atoms with Crippen LogP contribution < -0.4 is 14.2 Å². The van der Waals surface area contributed by atoms with Crippen molar-refractivity contribution in [2.45, 2.75) is 31.3 Å². The molecule has 36 heavy (non-hydrogen) atoms. The van der Waals surface area contributed by atoms with Gasteiger partial charge < -0.3 is 18.9 Å². The Morgan fingerprint density at radius 2 is 2.03 bits per heavy atom. The van der Waals surface area contributed by atoms with Gasteiger partial charge in [-0.2, -0.15) is 5.26 Å². The number of nitrogens with zero attached hydrogens (tertiary/aromatic N) is 1. The van der Waals surface area contributed by atoms with Crippen LogP contribution in [0.25, 0.3) is 0 Å². The maximum Gasteiger partial charge on any atom is 0.306 e. The molecule has 8 heteroatoms. The summed E-state index contributed by atoms with van der Waals surface area (Å²) in [7, 11) is 1.36. The van der Waals surface area contributed by atoms with Crippen molar-refractivity contribution in [3.8, 4) is 29.1 Å². The van der Waals surface area contributed by atoms with E-state index in [9.17, 15) is 19.2 Å². The van der Waals surface area contributed by atoms with Gasteiger partial charge in [0.2, 0.25) is 0 Å². The van der Waals surface area contributed by atoms with Crippen molar-refractivity contribution >= 4 is 12.3 Å². The van der Waals surface area contributed by atoms with Gasteiger partial charge in [-0.05, 0) is 49.2 Å². The molecule has 5 rings (SSSR count). The molecule has 0 amide bonds. The Morgan fingerprint density at radius 1 is 1.19 bits per heavy atom. The second-order valence-corrected chi connectivity index (χ2v) is 8.66. The van der Waals surface area contributed by atoms with Gasteiger partial charge in [0.15, 0.2) is 0 Å². The summed E-state index contributed by atoms with van der Waals surface area (Å²) >= 11 is 0. The highest BCUT2D eigenvalue weighted by molar-refractivity contribution is 5.76. The molecule has 0 saturated carbocycles. The zero-order valence-electron chi connectivity index (χ0n) is 19.5. The van der Waals surface area contributed by atoms with Crippen LogP contribution >= 0.6 is 0 Å². The van der Waals surface area contributed by atoms with E-state index in [1.165, 1.54) is 25.3 Å². The van der Waals surface area contributed by atoms with Crippen LogP contribution in [0.5, 0.6) is 23.0 Å². The Hall–Kier alpha value is -4.38. The van der Waals surface area contributed by atoms with Crippen molar-refractivity contribution in [3.63, 3.8) is 0 Å². The molecule has 182 valence electrons. The summed E-state index contributed by atoms with van der Waals surface area (Å²) in [5.41, 5.74) is 2.59. The van der Waals surface area contributed by atoms with Crippen LogP contribution in [0.15, 0.2) is 48.5 Å². The largest absolute Gasteiger partial charge is 0.492 e. The van der Waals surface area contributed by atoms with Crippen molar-refractivity contribution < 1.29 is 32.9 Å². The lowest BCUT2D eigenvalue weighted by molar-refractivity contribution is -0.141. The number of rotatable bonds is 7. The van der Waals surface area contributed by atoms with Crippen molar-refractivity contribution in [2.24, 2.45) is 0 Å². The van der Waals surface area contributed by atoms with Gasteiger partial charge in [0.1, 0.15) is 47.3 Å². The average Bonchev–Trinajstić information content (AvgIpc) is 3.50. The SMILES string of the molecule is COC(=O)CC1COc2cc(OC3CCc4c(Oc5ccc(C=O)cc5C#N)ccc(F)c43)ccc21. The molecule has 0 fully saturated rings. The third kappa shape index (κ3) is 4.36. The van der Waals surface area contributed by atoms with Gasteiger partial charge in [-0.25, -0.2) is 4.39 Å². The molecule has 0 saturated heterocycles. The summed E-state index contributed by atoms with van der Waals surface area (Å²) in [4.78, 5) is 22.7. The van der Waals surface area contributed by atoms with Gasteiger partial charge in [-0.3, -0.25) is 9.59 Å². The second kappa shape index (κ2) is 9.70. The van der Waals surface area contributed by atoms with Gasteiger partial charge >= 0.3 is 5.97 Å². The van der Waals surface area contributed by atoms with E-state index in [0.29, 0.717) is 65.4 Å². The quantitative estimate of drug-likeness (QED) is 0.325. The molecule has 1 aliphatic carbocycles. The van der Waals surface area contributed by atoms with Gasteiger partial charge in [0.05, 0.1) is 25.7 Å². The van der Waals surface area contributed by atoms with Gasteiger partial charge in [0.25, 0.3) is 0 Å². The molecule has 3 aromatic rings. The molecule has 0 radical (unpaired) electrons. The molecule has 0 aromatic heterocycles. The number of methoxy groups -OCH3 is 1. The molecule has 7 nitrogen and oxygen atoms in total. The first-order chi connectivity index (χ1) is 17.5. The standard InChI is InChI=1S/C28H22FNO6/c1-33-27(32)11-18-15-34-26-12-19(3-4-20(18)26)35-25-8-5-21-24(9-6-22(29)28(21)25)36-23-7-2-16(14-31)10-17(23)13-30/h2-4,6-7,9-10,12,14,18,25H,5,8,11,15H2,1H3. The monoisotopic (exact) mass is 487 g/mol. The lowest BCUT2D eigenvalue weighted by Crippen LogP contribution is -2.09. The number of carbonyl (C=O) groups is 2. The second-order valence-electron chi connectivity index (χ2n) is 8.66. The lowest BCUT2D eigenvalue weighted by atomic mass is 9.98. The van der Waals surface area contributed by atoms with E-state index in [-0.39, 0.29) is 23.9 Å². The minimum Gasteiger partial charge on any atom is -0.492 e. The van der Waals surface area contributed by atoms with E-state index in [1.54, 1.807) is 24.3 Å². The van der Waals surface area contributed by atoms with Crippen LogP contribution in [0, 0.1) is 17.1 Å². The van der Waals surface area contributed by atoms with Crippen LogP contribution in [0.4, 0.5) is 4.39 Å². The number of esters is 1. The fourth-order valence-corrected chi connectivity index (χ4v) is 4.72. The number of halogens is 1. The third-order valence-electron chi connectivity index (χ3n) is 6.50. The maximum absolute atomic E-state index is 14.9. The minimum atomic E-state index is -0.526. The number of hydrogen-bond donors (Lipinski definition) is 0. The summed E-state index contributed by atoms with van der Waals surface area (Å²) in [6, 6.07) is 14.9. The predicted octanol–water partition coefficient (Wildman–Crippen LogP) is 5.41. The zero-order chi connectivity index (χ0) is 25.2. The van der Waals surface area contributed by atoms with Crippen LogP contribution in [0.2, 0.25) is 0 Å². The molecular formula is C28H22FNO6. The van der Waals surface area contributed by atoms with E-state index in [4.69, 9.17) is 18.9 Å². The number of hydrogen-bond acceptors (Lipinski definition) is 7. The summed E-state index contributed by atoms with van der Waals surface area (Å²) in [5, 5.41) is 9.44. The summed E-state index contributed by atoms with van der Waals surface area (Å²) in [6.07, 6.45) is 1.45. The fourth-order valence-electron chi connectivity index (χ4n) is 4.72. The molecule has 0 N–H and O–H groups in total. The van der Waals surface area contributed by atoms with Crippen molar-refractivity contribution in [1.29, 1.82) is 5.26 Å². The van der Waals surface area contributed by atoms with E-state index in [0.717, 1.165) is 5.56 Å². The lowest BCUT2D eigenvalue weighted by Gasteiger charge is -2.17. The van der Waals surface area contributed by atoms with E-state index < -0.39 is 11.9 Å². The first kappa shape index (κ1) is 23.4. The van der Waals surface area contributed by atoms with Crippen molar-refractivity contribution in [3.05, 3.63) is 82.2 Å². The highest BCUT2D eigenvalue weighted by atomic mass is 19.1. The van der Waals surface area contributed by atoms with Crippen molar-refractivity contribution in [1.82, 2.24) is 0 Å². The Balaban J connectivity index is 1.37. The van der Waals surface area contributed by atoms with E-state index in [1.807, 2.05) is 12.1 Å². The van der Waals surface area contributed by atoms with E-state index in [2.05, 4.69) is 0 Å². The predicted molar refractivity (Wildman–Crippen MR) is 126 cm³/mol. The van der Waals surface area contributed by atoms with Gasteiger partial charge in [0, 0.05) is 34.2 Å². The average molecular weight is 487 g/mol. The normalized spacial score (nSPS) is 17.4. The number of carbonyl (C=O) groups excluding carboxylic acids is 2. The topological polar surface area (TPSA) is 94.8 Å². The molecule has 1 heterocycles. The number of ether oxygens (including phenoxy) is 4. The minimum absolute atomic E-state index is 0.0789. The summed E-state index contributed by atoms with van der Waals surface area (Å²) in [6.45, 7) is 0.383. The third-order valence-corrected chi connectivity index (χ3v) is 6.50. The van der Waals surface area contributed by atoms with Crippen LogP contribution in [0.1, 0.15) is 57.5 Å². The Morgan fingerprint density at radius 3 is 2.81 bits per heavy atom. The first-order valence-corrected chi connectivity index (χ1v) is 11.5. The summed E-state index contributed by atoms with van der Waals surface area (Å²) in [5.74, 6) is 1.13. The van der Waals surface area contributed by atoms with Crippen LogP contribution in [-0.2, 0) is 16.0 Å². The van der Waals surface area contributed by atoms with Gasteiger partial charge in [-0.1, -0.05) is 6.07 Å². The molecular weight excluding hydrogens is 465 g/mol. The number of aldehydes is 1. The van der Waals surface area contributed by atoms with Crippen molar-refractivity contribution in [2.75, 3.05) is 13.7 Å². The smallest absolute Gasteiger partial charge is 0.306 e. The molecule has 1 aliphatic heterocycles. The molecule has 0 bridgehead atoms. The van der Waals surface area contributed by atoms with Crippen LogP contribution in [-0.4, -0.2) is 26.0 Å². The summed E-state index contributed by atoms with van der Waals surface area (Å²) < 4.78 is 37.6. The molecule has 2 unspecified atom stereocenters. The molecule has 3 aromatic carbocycles. The van der Waals surface area contributed by atoms with Gasteiger partial charge in [-0.15, -0.1) is 0 Å². The Kier molecular flexibility index (Phi) is 6.30. The highest BCUT2D eigenvalue weighted by Gasteiger charge is 2.32. The molecule has 2 aliphatic rings. The zero-order valence-corrected chi connectivity index (χ0v) is 19.5. The number of nitriles is 1.